The lowest BCUT2D eigenvalue weighted by Crippen LogP contribution is -2.03. The minimum absolute atomic E-state index is 0.141. The highest BCUT2D eigenvalue weighted by atomic mass is 16.1. The third kappa shape index (κ3) is 1.29. The zero-order chi connectivity index (χ0) is 11.1. The molecular formula is C14H15NO. The van der Waals surface area contributed by atoms with E-state index in [1.54, 1.807) is 6.92 Å². The van der Waals surface area contributed by atoms with E-state index in [4.69, 9.17) is 0 Å². The molecule has 0 unspecified atom stereocenters. The number of Topliss-reactive ketones (excluding diaryl/α,β-unsaturated/α-hetero) is 1. The third-order valence-corrected chi connectivity index (χ3v) is 3.56. The van der Waals surface area contributed by atoms with Crippen LogP contribution in [0, 0.1) is 0 Å². The van der Waals surface area contributed by atoms with Crippen molar-refractivity contribution in [2.45, 2.75) is 32.6 Å². The summed E-state index contributed by atoms with van der Waals surface area (Å²) in [6.45, 7) is 1.63. The van der Waals surface area contributed by atoms with Crippen LogP contribution >= 0.6 is 0 Å². The van der Waals surface area contributed by atoms with Gasteiger partial charge in [-0.1, -0.05) is 12.1 Å². The molecule has 2 nitrogen and oxygen atoms in total. The minimum atomic E-state index is 0.141. The van der Waals surface area contributed by atoms with E-state index in [0.717, 1.165) is 17.4 Å². The maximum Gasteiger partial charge on any atom is 0.161 e. The van der Waals surface area contributed by atoms with Gasteiger partial charge in [0.15, 0.2) is 5.78 Å². The van der Waals surface area contributed by atoms with Gasteiger partial charge in [0, 0.05) is 22.7 Å². The highest BCUT2D eigenvalue weighted by Gasteiger charge is 2.16. The fraction of sp³-hybridized carbons (Fsp3) is 0.357. The Kier molecular flexibility index (Phi) is 2.10. The van der Waals surface area contributed by atoms with E-state index in [0.29, 0.717) is 0 Å². The zero-order valence-electron chi connectivity index (χ0n) is 9.47. The van der Waals surface area contributed by atoms with E-state index in [1.165, 1.54) is 35.9 Å². The summed E-state index contributed by atoms with van der Waals surface area (Å²) in [6.07, 6.45) is 6.73. The molecule has 0 saturated carbocycles. The first-order valence-electron chi connectivity index (χ1n) is 5.90. The molecule has 0 radical (unpaired) electrons. The van der Waals surface area contributed by atoms with Crippen LogP contribution in [0.15, 0.2) is 18.3 Å². The monoisotopic (exact) mass is 213 g/mol. The molecule has 1 aromatic heterocycles. The molecule has 1 aliphatic carbocycles. The maximum absolute atomic E-state index is 11.5. The predicted molar refractivity (Wildman–Crippen MR) is 64.9 cm³/mol. The van der Waals surface area contributed by atoms with Gasteiger partial charge in [0.1, 0.15) is 0 Å². The Morgan fingerprint density at radius 1 is 1.25 bits per heavy atom. The van der Waals surface area contributed by atoms with Crippen LogP contribution < -0.4 is 0 Å². The Labute approximate surface area is 94.7 Å². The molecule has 0 atom stereocenters. The van der Waals surface area contributed by atoms with Crippen molar-refractivity contribution in [3.63, 3.8) is 0 Å². The smallest absolute Gasteiger partial charge is 0.161 e. The van der Waals surface area contributed by atoms with Gasteiger partial charge in [0.05, 0.1) is 0 Å². The van der Waals surface area contributed by atoms with Gasteiger partial charge in [-0.15, -0.1) is 0 Å². The van der Waals surface area contributed by atoms with Gasteiger partial charge >= 0.3 is 0 Å². The molecule has 1 heterocycles. The molecule has 1 aliphatic rings. The number of carbonyl (C=O) groups is 1. The van der Waals surface area contributed by atoms with Crippen LogP contribution in [0.4, 0.5) is 0 Å². The summed E-state index contributed by atoms with van der Waals surface area (Å²) in [4.78, 5) is 14.7. The molecule has 82 valence electrons. The molecular weight excluding hydrogens is 198 g/mol. The van der Waals surface area contributed by atoms with Crippen LogP contribution in [-0.4, -0.2) is 10.8 Å². The Hall–Kier alpha value is -1.57. The number of hydrogen-bond acceptors (Lipinski definition) is 1. The summed E-state index contributed by atoms with van der Waals surface area (Å²) in [5.74, 6) is 0.141. The van der Waals surface area contributed by atoms with Crippen LogP contribution in [0.2, 0.25) is 0 Å². The molecule has 0 aliphatic heterocycles. The summed E-state index contributed by atoms with van der Waals surface area (Å²) in [7, 11) is 0. The fourth-order valence-electron chi connectivity index (χ4n) is 2.73. The van der Waals surface area contributed by atoms with Crippen LogP contribution in [0.25, 0.3) is 10.9 Å². The normalized spacial score (nSPS) is 15.1. The number of H-pyrrole nitrogens is 1. The number of hydrogen-bond donors (Lipinski definition) is 1. The van der Waals surface area contributed by atoms with Crippen LogP contribution in [0.3, 0.4) is 0 Å². The standard InChI is InChI=1S/C14H15NO/c1-9(16)13-8-15-14-11-5-3-2-4-10(11)6-7-12(13)14/h6-8,15H,2-5H2,1H3. The number of ketones is 1. The summed E-state index contributed by atoms with van der Waals surface area (Å²) in [5.41, 5.74) is 4.89. The molecule has 16 heavy (non-hydrogen) atoms. The van der Waals surface area contributed by atoms with Gasteiger partial charge in [-0.3, -0.25) is 4.79 Å². The molecule has 0 saturated heterocycles. The Morgan fingerprint density at radius 2 is 2.06 bits per heavy atom. The van der Waals surface area contributed by atoms with Crippen molar-refractivity contribution in [2.75, 3.05) is 0 Å². The molecule has 0 spiro atoms. The van der Waals surface area contributed by atoms with Crippen LogP contribution in [0.1, 0.15) is 41.3 Å². The zero-order valence-corrected chi connectivity index (χ0v) is 9.47. The van der Waals surface area contributed by atoms with Gasteiger partial charge < -0.3 is 4.98 Å². The largest absolute Gasteiger partial charge is 0.360 e. The van der Waals surface area contributed by atoms with Crippen molar-refractivity contribution >= 4 is 16.7 Å². The van der Waals surface area contributed by atoms with E-state index >= 15 is 0 Å². The van der Waals surface area contributed by atoms with Crippen molar-refractivity contribution in [1.29, 1.82) is 0 Å². The molecule has 2 heteroatoms. The first-order chi connectivity index (χ1) is 7.77. The van der Waals surface area contributed by atoms with Crippen LogP contribution in [-0.2, 0) is 12.8 Å². The van der Waals surface area contributed by atoms with Crippen molar-refractivity contribution in [3.8, 4) is 0 Å². The van der Waals surface area contributed by atoms with Gasteiger partial charge in [-0.25, -0.2) is 0 Å². The number of rotatable bonds is 1. The van der Waals surface area contributed by atoms with Gasteiger partial charge in [-0.05, 0) is 43.7 Å². The van der Waals surface area contributed by atoms with E-state index in [9.17, 15) is 4.79 Å². The van der Waals surface area contributed by atoms with E-state index in [-0.39, 0.29) is 5.78 Å². The molecule has 3 rings (SSSR count). The number of aromatic nitrogens is 1. The molecule has 0 amide bonds. The topological polar surface area (TPSA) is 32.9 Å². The van der Waals surface area contributed by atoms with Crippen LogP contribution in [0.5, 0.6) is 0 Å². The van der Waals surface area contributed by atoms with Crippen molar-refractivity contribution < 1.29 is 4.79 Å². The highest BCUT2D eigenvalue weighted by molar-refractivity contribution is 6.07. The quantitative estimate of drug-likeness (QED) is 0.725. The molecule has 0 bridgehead atoms. The lowest BCUT2D eigenvalue weighted by atomic mass is 9.89. The summed E-state index contributed by atoms with van der Waals surface area (Å²) in [6, 6.07) is 4.28. The molecule has 0 fully saturated rings. The number of benzene rings is 1. The Bertz CT molecular complexity index is 565. The summed E-state index contributed by atoms with van der Waals surface area (Å²) < 4.78 is 0. The lowest BCUT2D eigenvalue weighted by molar-refractivity contribution is 0.101. The number of aromatic amines is 1. The van der Waals surface area contributed by atoms with Gasteiger partial charge in [0.2, 0.25) is 0 Å². The second-order valence-electron chi connectivity index (χ2n) is 4.59. The SMILES string of the molecule is CC(=O)c1c[nH]c2c3c(ccc12)CCCC3. The average molecular weight is 213 g/mol. The number of carbonyl (C=O) groups excluding carboxylic acids is 1. The second-order valence-corrected chi connectivity index (χ2v) is 4.59. The van der Waals surface area contributed by atoms with Crippen molar-refractivity contribution in [2.24, 2.45) is 0 Å². The molecule has 1 N–H and O–H groups in total. The maximum atomic E-state index is 11.5. The van der Waals surface area contributed by atoms with E-state index in [1.807, 2.05) is 6.20 Å². The van der Waals surface area contributed by atoms with Crippen molar-refractivity contribution in [3.05, 3.63) is 35.0 Å². The third-order valence-electron chi connectivity index (χ3n) is 3.56. The van der Waals surface area contributed by atoms with Gasteiger partial charge in [0.25, 0.3) is 0 Å². The molecule has 2 aromatic rings. The predicted octanol–water partition coefficient (Wildman–Crippen LogP) is 3.25. The number of fused-ring (bicyclic) bond motifs is 3. The summed E-state index contributed by atoms with van der Waals surface area (Å²) >= 11 is 0. The second kappa shape index (κ2) is 3.48. The first-order valence-corrected chi connectivity index (χ1v) is 5.90. The minimum Gasteiger partial charge on any atom is -0.360 e. The Morgan fingerprint density at radius 3 is 2.88 bits per heavy atom. The number of aryl methyl sites for hydroxylation is 2. The van der Waals surface area contributed by atoms with Crippen molar-refractivity contribution in [1.82, 2.24) is 4.98 Å². The molecule has 1 aromatic carbocycles. The highest BCUT2D eigenvalue weighted by Crippen LogP contribution is 2.30. The first kappa shape index (κ1) is 9.64. The fourth-order valence-corrected chi connectivity index (χ4v) is 2.73. The summed E-state index contributed by atoms with van der Waals surface area (Å²) in [5, 5.41) is 1.09. The van der Waals surface area contributed by atoms with Gasteiger partial charge in [-0.2, -0.15) is 0 Å². The number of nitrogens with one attached hydrogen (secondary N) is 1. The lowest BCUT2D eigenvalue weighted by Gasteiger charge is -2.16. The Balaban J connectivity index is 2.29. The average Bonchev–Trinajstić information content (AvgIpc) is 2.73. The van der Waals surface area contributed by atoms with E-state index < -0.39 is 0 Å². The van der Waals surface area contributed by atoms with E-state index in [2.05, 4.69) is 17.1 Å².